The standard InChI is InChI=1S/C12H12ClNO2S2/c1-3-7(2)14-11(15)9(18-12(14)16)6-8-4-5-10(13)17-8/h4-7H,3H2,1-2H3/b9-6+. The Bertz CT molecular complexity index is 524. The monoisotopic (exact) mass is 301 g/mol. The van der Waals surface area contributed by atoms with E-state index >= 15 is 0 Å². The lowest BCUT2D eigenvalue weighted by Gasteiger charge is -2.19. The molecular formula is C12H12ClNO2S2. The number of hydrogen-bond acceptors (Lipinski definition) is 4. The first-order valence-electron chi connectivity index (χ1n) is 5.55. The van der Waals surface area contributed by atoms with E-state index in [0.29, 0.717) is 9.24 Å². The molecule has 2 heterocycles. The lowest BCUT2D eigenvalue weighted by atomic mass is 10.2. The Hall–Kier alpha value is -0.780. The summed E-state index contributed by atoms with van der Waals surface area (Å²) in [6, 6.07) is 3.55. The average Bonchev–Trinajstić information content (AvgIpc) is 2.84. The Balaban J connectivity index is 2.25. The minimum absolute atomic E-state index is 0.0599. The van der Waals surface area contributed by atoms with Crippen LogP contribution in [0.15, 0.2) is 17.0 Å². The van der Waals surface area contributed by atoms with Crippen molar-refractivity contribution in [2.45, 2.75) is 26.3 Å². The lowest BCUT2D eigenvalue weighted by Crippen LogP contribution is -2.36. The molecule has 1 saturated heterocycles. The molecule has 1 aliphatic rings. The molecule has 96 valence electrons. The fraction of sp³-hybridized carbons (Fsp3) is 0.333. The molecule has 1 unspecified atom stereocenters. The van der Waals surface area contributed by atoms with Gasteiger partial charge in [-0.05, 0) is 43.3 Å². The van der Waals surface area contributed by atoms with Crippen molar-refractivity contribution >= 4 is 51.9 Å². The largest absolute Gasteiger partial charge is 0.293 e. The molecule has 0 aromatic carbocycles. The van der Waals surface area contributed by atoms with Gasteiger partial charge in [-0.2, -0.15) is 0 Å². The number of amides is 2. The predicted octanol–water partition coefficient (Wildman–Crippen LogP) is 4.24. The third-order valence-electron chi connectivity index (χ3n) is 2.72. The Kier molecular flexibility index (Phi) is 4.14. The Labute approximate surface area is 119 Å². The Morgan fingerprint density at radius 3 is 2.72 bits per heavy atom. The second-order valence-electron chi connectivity index (χ2n) is 3.95. The zero-order valence-electron chi connectivity index (χ0n) is 9.97. The predicted molar refractivity (Wildman–Crippen MR) is 76.9 cm³/mol. The van der Waals surface area contributed by atoms with E-state index in [9.17, 15) is 9.59 Å². The Morgan fingerprint density at radius 1 is 1.44 bits per heavy atom. The molecule has 0 saturated carbocycles. The minimum atomic E-state index is -0.205. The van der Waals surface area contributed by atoms with E-state index in [1.807, 2.05) is 19.9 Å². The van der Waals surface area contributed by atoms with Crippen molar-refractivity contribution in [1.29, 1.82) is 0 Å². The first-order chi connectivity index (χ1) is 8.52. The summed E-state index contributed by atoms with van der Waals surface area (Å²) >= 11 is 8.21. The van der Waals surface area contributed by atoms with Crippen molar-refractivity contribution in [3.05, 3.63) is 26.3 Å². The minimum Gasteiger partial charge on any atom is -0.268 e. The molecule has 0 spiro atoms. The van der Waals surface area contributed by atoms with Crippen LogP contribution in [0.1, 0.15) is 25.1 Å². The van der Waals surface area contributed by atoms with Crippen LogP contribution < -0.4 is 0 Å². The number of carbonyl (C=O) groups excluding carboxylic acids is 2. The lowest BCUT2D eigenvalue weighted by molar-refractivity contribution is -0.124. The summed E-state index contributed by atoms with van der Waals surface area (Å²) in [5.41, 5.74) is 0. The molecule has 1 atom stereocenters. The van der Waals surface area contributed by atoms with Crippen LogP contribution in [0.25, 0.3) is 6.08 Å². The number of thioether (sulfide) groups is 1. The average molecular weight is 302 g/mol. The number of carbonyl (C=O) groups is 2. The topological polar surface area (TPSA) is 37.4 Å². The van der Waals surface area contributed by atoms with E-state index in [-0.39, 0.29) is 17.2 Å². The van der Waals surface area contributed by atoms with Crippen molar-refractivity contribution in [2.75, 3.05) is 0 Å². The molecule has 1 aliphatic heterocycles. The van der Waals surface area contributed by atoms with Crippen LogP contribution >= 0.6 is 34.7 Å². The number of nitrogens with zero attached hydrogens (tertiary/aromatic N) is 1. The highest BCUT2D eigenvalue weighted by Gasteiger charge is 2.37. The zero-order valence-corrected chi connectivity index (χ0v) is 12.4. The van der Waals surface area contributed by atoms with Crippen LogP contribution in [0.5, 0.6) is 0 Å². The van der Waals surface area contributed by atoms with Crippen LogP contribution in [0.3, 0.4) is 0 Å². The third-order valence-corrected chi connectivity index (χ3v) is 4.78. The Morgan fingerprint density at radius 2 is 2.17 bits per heavy atom. The second-order valence-corrected chi connectivity index (χ2v) is 6.69. The number of halogens is 1. The van der Waals surface area contributed by atoms with Gasteiger partial charge >= 0.3 is 0 Å². The summed E-state index contributed by atoms with van der Waals surface area (Å²) in [5, 5.41) is -0.191. The molecule has 0 radical (unpaired) electrons. The van der Waals surface area contributed by atoms with Crippen LogP contribution in [0, 0.1) is 0 Å². The van der Waals surface area contributed by atoms with Crippen molar-refractivity contribution < 1.29 is 9.59 Å². The van der Waals surface area contributed by atoms with Gasteiger partial charge < -0.3 is 0 Å². The summed E-state index contributed by atoms with van der Waals surface area (Å²) < 4.78 is 0.669. The van der Waals surface area contributed by atoms with Gasteiger partial charge in [0.1, 0.15) is 0 Å². The highest BCUT2D eigenvalue weighted by Crippen LogP contribution is 2.35. The van der Waals surface area contributed by atoms with Gasteiger partial charge in [0.2, 0.25) is 0 Å². The maximum atomic E-state index is 12.1. The van der Waals surface area contributed by atoms with E-state index < -0.39 is 0 Å². The normalized spacial score (nSPS) is 19.9. The SMILES string of the molecule is CCC(C)N1C(=O)S/C(=C/c2ccc(Cl)s2)C1=O. The highest BCUT2D eigenvalue weighted by atomic mass is 35.5. The summed E-state index contributed by atoms with van der Waals surface area (Å²) in [5.74, 6) is -0.205. The van der Waals surface area contributed by atoms with Crippen LogP contribution in [-0.4, -0.2) is 22.1 Å². The molecule has 1 aromatic rings. The maximum absolute atomic E-state index is 12.1. The molecule has 0 aliphatic carbocycles. The third kappa shape index (κ3) is 2.63. The number of rotatable bonds is 3. The molecule has 1 fully saturated rings. The van der Waals surface area contributed by atoms with Gasteiger partial charge in [-0.25, -0.2) is 0 Å². The van der Waals surface area contributed by atoms with Crippen molar-refractivity contribution in [3.8, 4) is 0 Å². The van der Waals surface area contributed by atoms with Crippen LogP contribution in [-0.2, 0) is 4.79 Å². The van der Waals surface area contributed by atoms with E-state index in [1.165, 1.54) is 16.2 Å². The van der Waals surface area contributed by atoms with Crippen molar-refractivity contribution in [1.82, 2.24) is 4.90 Å². The molecule has 3 nitrogen and oxygen atoms in total. The molecule has 0 bridgehead atoms. The van der Waals surface area contributed by atoms with E-state index in [1.54, 1.807) is 12.1 Å². The van der Waals surface area contributed by atoms with Crippen molar-refractivity contribution in [2.24, 2.45) is 0 Å². The quantitative estimate of drug-likeness (QED) is 0.784. The number of imide groups is 1. The maximum Gasteiger partial charge on any atom is 0.293 e. The molecule has 6 heteroatoms. The number of thiophene rings is 1. The van der Waals surface area contributed by atoms with E-state index in [4.69, 9.17) is 11.6 Å². The van der Waals surface area contributed by atoms with Gasteiger partial charge in [0, 0.05) is 10.9 Å². The molecule has 18 heavy (non-hydrogen) atoms. The number of hydrogen-bond donors (Lipinski definition) is 0. The van der Waals surface area contributed by atoms with Gasteiger partial charge in [-0.1, -0.05) is 18.5 Å². The summed E-state index contributed by atoms with van der Waals surface area (Å²) in [4.78, 5) is 26.6. The van der Waals surface area contributed by atoms with Crippen molar-refractivity contribution in [3.63, 3.8) is 0 Å². The molecule has 2 amide bonds. The smallest absolute Gasteiger partial charge is 0.268 e. The first kappa shape index (κ1) is 13.6. The zero-order chi connectivity index (χ0) is 13.3. The highest BCUT2D eigenvalue weighted by molar-refractivity contribution is 8.18. The fourth-order valence-corrected chi connectivity index (χ4v) is 3.58. The summed E-state index contributed by atoms with van der Waals surface area (Å²) in [6.45, 7) is 3.83. The molecular weight excluding hydrogens is 290 g/mol. The summed E-state index contributed by atoms with van der Waals surface area (Å²) in [7, 11) is 0. The van der Waals surface area contributed by atoms with Gasteiger partial charge in [-0.3, -0.25) is 14.5 Å². The van der Waals surface area contributed by atoms with Gasteiger partial charge in [0.15, 0.2) is 0 Å². The van der Waals surface area contributed by atoms with E-state index in [0.717, 1.165) is 23.1 Å². The van der Waals surface area contributed by atoms with E-state index in [2.05, 4.69) is 0 Å². The molecule has 0 N–H and O–H groups in total. The molecule has 2 rings (SSSR count). The van der Waals surface area contributed by atoms with Crippen LogP contribution in [0.2, 0.25) is 4.34 Å². The van der Waals surface area contributed by atoms with Gasteiger partial charge in [-0.15, -0.1) is 11.3 Å². The summed E-state index contributed by atoms with van der Waals surface area (Å²) in [6.07, 6.45) is 2.49. The first-order valence-corrected chi connectivity index (χ1v) is 7.56. The fourth-order valence-electron chi connectivity index (χ4n) is 1.58. The van der Waals surface area contributed by atoms with Gasteiger partial charge in [0.05, 0.1) is 9.24 Å². The van der Waals surface area contributed by atoms with Crippen LogP contribution in [0.4, 0.5) is 4.79 Å². The van der Waals surface area contributed by atoms with Gasteiger partial charge in [0.25, 0.3) is 11.1 Å². The molecule has 1 aromatic heterocycles. The second kappa shape index (κ2) is 5.47.